The van der Waals surface area contributed by atoms with Crippen molar-refractivity contribution >= 4 is 6.09 Å². The number of nitrogens with one attached hydrogen (secondary N) is 1. The fraction of sp³-hybridized carbons (Fsp3) is 0.368. The highest BCUT2D eigenvalue weighted by atomic mass is 19.4. The molecule has 1 aromatic heterocycles. The van der Waals surface area contributed by atoms with E-state index < -0.39 is 23.4 Å². The van der Waals surface area contributed by atoms with Crippen LogP contribution in [0.25, 0.3) is 11.3 Å². The SMILES string of the molecule is Cc1cnc(-c2ccc(C(F)(F)F)cc2)cc1CNC(=O)OC(C)(C)C. The van der Waals surface area contributed by atoms with Crippen LogP contribution in [0, 0.1) is 6.92 Å². The molecule has 0 fully saturated rings. The first-order valence-corrected chi connectivity index (χ1v) is 8.06. The van der Waals surface area contributed by atoms with Gasteiger partial charge in [0.25, 0.3) is 0 Å². The second-order valence-corrected chi connectivity index (χ2v) is 6.93. The molecule has 0 unspecified atom stereocenters. The number of aromatic nitrogens is 1. The Morgan fingerprint density at radius 1 is 1.15 bits per heavy atom. The summed E-state index contributed by atoms with van der Waals surface area (Å²) in [5.74, 6) is 0. The lowest BCUT2D eigenvalue weighted by atomic mass is 10.0. The van der Waals surface area contributed by atoms with Crippen molar-refractivity contribution in [2.24, 2.45) is 0 Å². The maximum absolute atomic E-state index is 12.7. The van der Waals surface area contributed by atoms with E-state index in [0.717, 1.165) is 23.3 Å². The fourth-order valence-electron chi connectivity index (χ4n) is 2.23. The van der Waals surface area contributed by atoms with Gasteiger partial charge in [0.2, 0.25) is 0 Å². The summed E-state index contributed by atoms with van der Waals surface area (Å²) in [6, 6.07) is 6.55. The van der Waals surface area contributed by atoms with Crippen molar-refractivity contribution in [3.05, 3.63) is 53.2 Å². The van der Waals surface area contributed by atoms with E-state index in [1.54, 1.807) is 33.0 Å². The van der Waals surface area contributed by atoms with Crippen LogP contribution >= 0.6 is 0 Å². The molecule has 7 heteroatoms. The van der Waals surface area contributed by atoms with Crippen molar-refractivity contribution in [1.82, 2.24) is 10.3 Å². The summed E-state index contributed by atoms with van der Waals surface area (Å²) in [6.07, 6.45) is -3.29. The fourth-order valence-corrected chi connectivity index (χ4v) is 2.23. The number of halogens is 3. The molecule has 0 spiro atoms. The van der Waals surface area contributed by atoms with Crippen LogP contribution in [0.15, 0.2) is 36.5 Å². The summed E-state index contributed by atoms with van der Waals surface area (Å²) in [5, 5.41) is 2.67. The van der Waals surface area contributed by atoms with Crippen LogP contribution < -0.4 is 5.32 Å². The minimum atomic E-state index is -4.37. The van der Waals surface area contributed by atoms with E-state index in [1.165, 1.54) is 12.1 Å². The van der Waals surface area contributed by atoms with E-state index in [1.807, 2.05) is 6.92 Å². The number of alkyl carbamates (subject to hydrolysis) is 1. The number of alkyl halides is 3. The van der Waals surface area contributed by atoms with Gasteiger partial charge in [0.05, 0.1) is 11.3 Å². The molecule has 1 aromatic carbocycles. The summed E-state index contributed by atoms with van der Waals surface area (Å²) < 4.78 is 43.2. The molecule has 0 aliphatic rings. The van der Waals surface area contributed by atoms with Gasteiger partial charge in [0.1, 0.15) is 5.60 Å². The van der Waals surface area contributed by atoms with Crippen LogP contribution in [-0.4, -0.2) is 16.7 Å². The number of aryl methyl sites for hydroxylation is 1. The highest BCUT2D eigenvalue weighted by Crippen LogP contribution is 2.30. The molecule has 0 aliphatic carbocycles. The van der Waals surface area contributed by atoms with E-state index in [-0.39, 0.29) is 6.54 Å². The zero-order valence-corrected chi connectivity index (χ0v) is 15.1. The maximum Gasteiger partial charge on any atom is 0.416 e. The molecular weight excluding hydrogens is 345 g/mol. The van der Waals surface area contributed by atoms with Gasteiger partial charge in [0, 0.05) is 18.3 Å². The summed E-state index contributed by atoms with van der Waals surface area (Å²) in [7, 11) is 0. The molecule has 0 aliphatic heterocycles. The molecule has 4 nitrogen and oxygen atoms in total. The molecule has 26 heavy (non-hydrogen) atoms. The third-order valence-electron chi connectivity index (χ3n) is 3.54. The van der Waals surface area contributed by atoms with Crippen LogP contribution in [0.2, 0.25) is 0 Å². The van der Waals surface area contributed by atoms with Gasteiger partial charge in [-0.05, 0) is 57.0 Å². The van der Waals surface area contributed by atoms with Gasteiger partial charge in [-0.3, -0.25) is 4.98 Å². The van der Waals surface area contributed by atoms with Crippen LogP contribution in [0.3, 0.4) is 0 Å². The van der Waals surface area contributed by atoms with E-state index in [2.05, 4.69) is 10.3 Å². The van der Waals surface area contributed by atoms with Crippen molar-refractivity contribution in [2.75, 3.05) is 0 Å². The molecule has 140 valence electrons. The summed E-state index contributed by atoms with van der Waals surface area (Å²) in [6.45, 7) is 7.39. The maximum atomic E-state index is 12.7. The third kappa shape index (κ3) is 5.47. The number of ether oxygens (including phenoxy) is 1. The van der Waals surface area contributed by atoms with Crippen molar-refractivity contribution < 1.29 is 22.7 Å². The monoisotopic (exact) mass is 366 g/mol. The number of pyridine rings is 1. The van der Waals surface area contributed by atoms with Crippen LogP contribution in [0.1, 0.15) is 37.5 Å². The standard InChI is InChI=1S/C19H21F3N2O2/c1-12-10-23-16(13-5-7-15(8-6-13)19(20,21)22)9-14(12)11-24-17(25)26-18(2,3)4/h5-10H,11H2,1-4H3,(H,24,25). The average Bonchev–Trinajstić information content (AvgIpc) is 2.52. The van der Waals surface area contributed by atoms with Crippen molar-refractivity contribution in [3.63, 3.8) is 0 Å². The number of carbonyl (C=O) groups is 1. The summed E-state index contributed by atoms with van der Waals surface area (Å²) in [5.41, 5.74) is 1.46. The molecule has 0 saturated heterocycles. The minimum Gasteiger partial charge on any atom is -0.444 e. The largest absolute Gasteiger partial charge is 0.444 e. The van der Waals surface area contributed by atoms with Crippen molar-refractivity contribution in [2.45, 2.75) is 46.0 Å². The second-order valence-electron chi connectivity index (χ2n) is 6.93. The average molecular weight is 366 g/mol. The Morgan fingerprint density at radius 2 is 1.77 bits per heavy atom. The zero-order valence-electron chi connectivity index (χ0n) is 15.1. The van der Waals surface area contributed by atoms with Gasteiger partial charge >= 0.3 is 12.3 Å². The second kappa shape index (κ2) is 7.35. The van der Waals surface area contributed by atoms with Crippen LogP contribution in [0.5, 0.6) is 0 Å². The Kier molecular flexibility index (Phi) is 5.59. The lowest BCUT2D eigenvalue weighted by molar-refractivity contribution is -0.137. The lowest BCUT2D eigenvalue weighted by Gasteiger charge is -2.20. The highest BCUT2D eigenvalue weighted by molar-refractivity contribution is 5.68. The van der Waals surface area contributed by atoms with E-state index in [0.29, 0.717) is 11.3 Å². The van der Waals surface area contributed by atoms with Crippen LogP contribution in [-0.2, 0) is 17.5 Å². The summed E-state index contributed by atoms with van der Waals surface area (Å²) >= 11 is 0. The van der Waals surface area contributed by atoms with Gasteiger partial charge in [-0.1, -0.05) is 12.1 Å². The molecule has 0 bridgehead atoms. The van der Waals surface area contributed by atoms with E-state index in [4.69, 9.17) is 4.74 Å². The number of rotatable bonds is 3. The van der Waals surface area contributed by atoms with Crippen molar-refractivity contribution in [1.29, 1.82) is 0 Å². The Morgan fingerprint density at radius 3 is 2.31 bits per heavy atom. The van der Waals surface area contributed by atoms with Gasteiger partial charge in [-0.25, -0.2) is 4.79 Å². The first-order chi connectivity index (χ1) is 12.0. The molecule has 1 N–H and O–H groups in total. The minimum absolute atomic E-state index is 0.233. The predicted octanol–water partition coefficient (Wildman–Crippen LogP) is 5.10. The molecule has 2 aromatic rings. The normalized spacial score (nSPS) is 12.0. The molecule has 0 atom stereocenters. The smallest absolute Gasteiger partial charge is 0.416 e. The van der Waals surface area contributed by atoms with Gasteiger partial charge < -0.3 is 10.1 Å². The van der Waals surface area contributed by atoms with Crippen molar-refractivity contribution in [3.8, 4) is 11.3 Å². The number of carbonyl (C=O) groups excluding carboxylic acids is 1. The Balaban J connectivity index is 2.15. The Bertz CT molecular complexity index is 779. The lowest BCUT2D eigenvalue weighted by Crippen LogP contribution is -2.32. The van der Waals surface area contributed by atoms with Gasteiger partial charge in [0.15, 0.2) is 0 Å². The highest BCUT2D eigenvalue weighted by Gasteiger charge is 2.30. The number of benzene rings is 1. The van der Waals surface area contributed by atoms with Gasteiger partial charge in [-0.2, -0.15) is 13.2 Å². The first kappa shape index (κ1) is 19.8. The molecule has 1 amide bonds. The number of hydrogen-bond donors (Lipinski definition) is 1. The molecule has 2 rings (SSSR count). The number of nitrogens with zero attached hydrogens (tertiary/aromatic N) is 1. The number of hydrogen-bond acceptors (Lipinski definition) is 3. The Hall–Kier alpha value is -2.57. The quantitative estimate of drug-likeness (QED) is 0.822. The first-order valence-electron chi connectivity index (χ1n) is 8.06. The summed E-state index contributed by atoms with van der Waals surface area (Å²) in [4.78, 5) is 16.0. The molecule has 0 saturated carbocycles. The van der Waals surface area contributed by atoms with Crippen LogP contribution in [0.4, 0.5) is 18.0 Å². The third-order valence-corrected chi connectivity index (χ3v) is 3.54. The molecule has 1 heterocycles. The number of amides is 1. The van der Waals surface area contributed by atoms with E-state index >= 15 is 0 Å². The molecular formula is C19H21F3N2O2. The molecule has 0 radical (unpaired) electrons. The zero-order chi connectivity index (χ0) is 19.5. The van der Waals surface area contributed by atoms with E-state index in [9.17, 15) is 18.0 Å². The topological polar surface area (TPSA) is 51.2 Å². The predicted molar refractivity (Wildman–Crippen MR) is 92.5 cm³/mol. The van der Waals surface area contributed by atoms with Gasteiger partial charge in [-0.15, -0.1) is 0 Å². The Labute approximate surface area is 150 Å².